The summed E-state index contributed by atoms with van der Waals surface area (Å²) in [4.78, 5) is -0.422. The summed E-state index contributed by atoms with van der Waals surface area (Å²) in [5.74, 6) is -0.732. The summed E-state index contributed by atoms with van der Waals surface area (Å²) in [5.41, 5.74) is 0. The van der Waals surface area contributed by atoms with E-state index in [1.165, 1.54) is 0 Å². The van der Waals surface area contributed by atoms with E-state index in [4.69, 9.17) is 16.2 Å². The molecule has 1 aromatic carbocycles. The van der Waals surface area contributed by atoms with Crippen molar-refractivity contribution in [2.45, 2.75) is 4.90 Å². The van der Waals surface area contributed by atoms with Gasteiger partial charge >= 0.3 is 0 Å². The first-order valence-electron chi connectivity index (χ1n) is 2.84. The van der Waals surface area contributed by atoms with Crippen LogP contribution in [0.25, 0.3) is 0 Å². The molecule has 1 aromatic rings. The summed E-state index contributed by atoms with van der Waals surface area (Å²) < 4.78 is 41.9. The summed E-state index contributed by atoms with van der Waals surface area (Å²) in [6.07, 6.45) is 0. The monoisotopic (exact) mass is 317 g/mol. The Morgan fingerprint density at radius 3 is 2.31 bits per heavy atom. The third-order valence-electron chi connectivity index (χ3n) is 1.19. The Morgan fingerprint density at radius 2 is 1.92 bits per heavy atom. The fourth-order valence-corrected chi connectivity index (χ4v) is 1.39. The molecule has 77 valence electrons. The van der Waals surface area contributed by atoms with Crippen LogP contribution in [-0.4, -0.2) is 13.0 Å². The van der Waals surface area contributed by atoms with Gasteiger partial charge in [-0.3, -0.25) is 4.55 Å². The standard InChI is InChI=1S/C6H4ClFO3S.Ag/c7-5-3-4(12(9,10)11)1-2-6(5)8;/h1-3H,(H,9,10,11);. The van der Waals surface area contributed by atoms with Gasteiger partial charge in [-0.05, 0) is 18.2 Å². The molecule has 0 aliphatic carbocycles. The number of halogens is 2. The van der Waals surface area contributed by atoms with Gasteiger partial charge in [0.2, 0.25) is 0 Å². The molecule has 0 aliphatic heterocycles. The van der Waals surface area contributed by atoms with Crippen LogP contribution in [0.5, 0.6) is 0 Å². The summed E-state index contributed by atoms with van der Waals surface area (Å²) in [6.45, 7) is 0. The maximum atomic E-state index is 12.5. The van der Waals surface area contributed by atoms with Crippen molar-refractivity contribution in [1.82, 2.24) is 0 Å². The first-order chi connectivity index (χ1) is 5.41. The van der Waals surface area contributed by atoms with Gasteiger partial charge in [-0.1, -0.05) is 11.6 Å². The third kappa shape index (κ3) is 3.38. The molecule has 0 saturated carbocycles. The van der Waals surface area contributed by atoms with Gasteiger partial charge in [-0.25, -0.2) is 4.39 Å². The van der Waals surface area contributed by atoms with E-state index in [0.717, 1.165) is 18.2 Å². The van der Waals surface area contributed by atoms with Crippen molar-refractivity contribution >= 4 is 21.7 Å². The molecule has 1 rings (SSSR count). The minimum Gasteiger partial charge on any atom is -0.282 e. The van der Waals surface area contributed by atoms with Crippen LogP contribution in [0.1, 0.15) is 0 Å². The third-order valence-corrected chi connectivity index (χ3v) is 2.33. The molecular formula is C6H4AgClFO3S. The smallest absolute Gasteiger partial charge is 0.282 e. The summed E-state index contributed by atoms with van der Waals surface area (Å²) in [5, 5.41) is -0.342. The molecule has 0 fully saturated rings. The quantitative estimate of drug-likeness (QED) is 0.634. The normalized spacial score (nSPS) is 10.7. The average Bonchev–Trinajstić information content (AvgIpc) is 1.92. The Balaban J connectivity index is 0.00000144. The molecule has 0 unspecified atom stereocenters. The van der Waals surface area contributed by atoms with Crippen molar-refractivity contribution < 1.29 is 39.7 Å². The van der Waals surface area contributed by atoms with Crippen molar-refractivity contribution in [3.8, 4) is 0 Å². The predicted octanol–water partition coefficient (Wildman–Crippen LogP) is 1.72. The first-order valence-corrected chi connectivity index (χ1v) is 4.65. The van der Waals surface area contributed by atoms with E-state index in [0.29, 0.717) is 0 Å². The Labute approximate surface area is 95.2 Å². The zero-order chi connectivity index (χ0) is 9.35. The molecule has 0 aromatic heterocycles. The van der Waals surface area contributed by atoms with Crippen molar-refractivity contribution in [3.63, 3.8) is 0 Å². The van der Waals surface area contributed by atoms with Gasteiger partial charge in [0, 0.05) is 22.4 Å². The van der Waals surface area contributed by atoms with E-state index < -0.39 is 20.8 Å². The molecule has 7 heteroatoms. The van der Waals surface area contributed by atoms with Crippen molar-refractivity contribution in [2.24, 2.45) is 0 Å². The van der Waals surface area contributed by atoms with Crippen LogP contribution in [0.15, 0.2) is 23.1 Å². The van der Waals surface area contributed by atoms with Gasteiger partial charge in [0.25, 0.3) is 10.1 Å². The Morgan fingerprint density at radius 1 is 1.38 bits per heavy atom. The SMILES string of the molecule is O=S(=O)(O)c1ccc(F)c(Cl)c1.[Ag]. The second-order valence-electron chi connectivity index (χ2n) is 2.05. The molecule has 0 saturated heterocycles. The zero-order valence-electron chi connectivity index (χ0n) is 5.96. The predicted molar refractivity (Wildman–Crippen MR) is 41.2 cm³/mol. The number of hydrogen-bond acceptors (Lipinski definition) is 2. The van der Waals surface area contributed by atoms with Crippen LogP contribution in [0.3, 0.4) is 0 Å². The van der Waals surface area contributed by atoms with Crippen molar-refractivity contribution in [2.75, 3.05) is 0 Å². The maximum absolute atomic E-state index is 12.5. The van der Waals surface area contributed by atoms with Crippen LogP contribution in [0, 0.1) is 5.82 Å². The van der Waals surface area contributed by atoms with Crippen LogP contribution >= 0.6 is 11.6 Å². The summed E-state index contributed by atoms with van der Waals surface area (Å²) in [7, 11) is -4.29. The molecular weight excluding hydrogens is 314 g/mol. The molecule has 1 radical (unpaired) electrons. The fourth-order valence-electron chi connectivity index (χ4n) is 0.637. The number of benzene rings is 1. The topological polar surface area (TPSA) is 54.4 Å². The van der Waals surface area contributed by atoms with Gasteiger partial charge in [0.1, 0.15) is 5.82 Å². The first kappa shape index (κ1) is 13.1. The molecule has 1 N–H and O–H groups in total. The van der Waals surface area contributed by atoms with Crippen LogP contribution < -0.4 is 0 Å². The van der Waals surface area contributed by atoms with E-state index in [1.54, 1.807) is 0 Å². The summed E-state index contributed by atoms with van der Waals surface area (Å²) >= 11 is 5.27. The van der Waals surface area contributed by atoms with E-state index >= 15 is 0 Å². The molecule has 3 nitrogen and oxygen atoms in total. The van der Waals surface area contributed by atoms with Crippen molar-refractivity contribution in [3.05, 3.63) is 29.0 Å². The van der Waals surface area contributed by atoms with Gasteiger partial charge in [-0.15, -0.1) is 0 Å². The molecule has 0 atom stereocenters. The van der Waals surface area contributed by atoms with Gasteiger partial charge in [-0.2, -0.15) is 8.42 Å². The van der Waals surface area contributed by atoms with E-state index in [1.807, 2.05) is 0 Å². The Kier molecular flexibility index (Phi) is 4.58. The molecule has 0 amide bonds. The van der Waals surface area contributed by atoms with Gasteiger partial charge < -0.3 is 0 Å². The van der Waals surface area contributed by atoms with E-state index in [-0.39, 0.29) is 27.4 Å². The van der Waals surface area contributed by atoms with E-state index in [2.05, 4.69) is 0 Å². The number of hydrogen-bond donors (Lipinski definition) is 1. The van der Waals surface area contributed by atoms with Gasteiger partial charge in [0.05, 0.1) is 9.92 Å². The van der Waals surface area contributed by atoms with Crippen LogP contribution in [0.4, 0.5) is 4.39 Å². The van der Waals surface area contributed by atoms with Gasteiger partial charge in [0.15, 0.2) is 0 Å². The molecule has 0 spiro atoms. The largest absolute Gasteiger partial charge is 0.294 e. The molecule has 13 heavy (non-hydrogen) atoms. The Bertz CT molecular complexity index is 406. The van der Waals surface area contributed by atoms with Crippen molar-refractivity contribution in [1.29, 1.82) is 0 Å². The van der Waals surface area contributed by atoms with E-state index in [9.17, 15) is 12.8 Å². The summed E-state index contributed by atoms with van der Waals surface area (Å²) in [6, 6.07) is 2.63. The van der Waals surface area contributed by atoms with Crippen LogP contribution in [-0.2, 0) is 32.5 Å². The zero-order valence-corrected chi connectivity index (χ0v) is 9.02. The Hall–Kier alpha value is 0.0903. The number of rotatable bonds is 1. The minimum absolute atomic E-state index is 0. The van der Waals surface area contributed by atoms with Crippen LogP contribution in [0.2, 0.25) is 5.02 Å². The minimum atomic E-state index is -4.29. The molecule has 0 bridgehead atoms. The maximum Gasteiger partial charge on any atom is 0.294 e. The molecule has 0 heterocycles. The second-order valence-corrected chi connectivity index (χ2v) is 3.88. The second kappa shape index (κ2) is 4.54. The fraction of sp³-hybridized carbons (Fsp3) is 0. The molecule has 0 aliphatic rings. The average molecular weight is 318 g/mol.